The van der Waals surface area contributed by atoms with Crippen molar-refractivity contribution < 1.29 is 50.6 Å². The summed E-state index contributed by atoms with van der Waals surface area (Å²) >= 11 is 4.63. The van der Waals surface area contributed by atoms with E-state index in [0.29, 0.717) is 6.42 Å². The summed E-state index contributed by atoms with van der Waals surface area (Å²) in [5, 5.41) is 10.0. The lowest BCUT2D eigenvalue weighted by atomic mass is 9.87. The van der Waals surface area contributed by atoms with Crippen LogP contribution < -0.4 is 0 Å². The molecule has 0 aromatic carbocycles. The Morgan fingerprint density at radius 3 is 0.928 bits per heavy atom. The topological polar surface area (TPSA) is 113 Å². The van der Waals surface area contributed by atoms with Gasteiger partial charge in [-0.1, -0.05) is 191 Å². The first kappa shape index (κ1) is 80.9. The zero-order chi connectivity index (χ0) is 63.6. The lowest BCUT2D eigenvalue weighted by Crippen LogP contribution is -2.69. The van der Waals surface area contributed by atoms with Crippen LogP contribution in [0.1, 0.15) is 184 Å². The molecule has 0 saturated carbocycles. The number of fused-ring (bicyclic) bond motifs is 2. The van der Waals surface area contributed by atoms with Crippen molar-refractivity contribution in [1.82, 2.24) is 0 Å². The van der Waals surface area contributed by atoms with Crippen molar-refractivity contribution in [1.29, 1.82) is 0 Å². The molecule has 0 unspecified atom stereocenters. The van der Waals surface area contributed by atoms with Gasteiger partial charge in [-0.25, -0.2) is 0 Å². The molecule has 14 atom stereocenters. The van der Waals surface area contributed by atoms with Gasteiger partial charge in [0, 0.05) is 6.61 Å². The first-order valence-corrected chi connectivity index (χ1v) is 51.5. The Labute approximate surface area is 546 Å². The van der Waals surface area contributed by atoms with Crippen LogP contribution in [0.3, 0.4) is 0 Å². The molecule has 0 bridgehead atoms. The zero-order valence-electron chi connectivity index (χ0n) is 58.3. The van der Waals surface area contributed by atoms with Crippen molar-refractivity contribution in [3.63, 3.8) is 0 Å². The van der Waals surface area contributed by atoms with Gasteiger partial charge in [-0.05, 0) is 168 Å². The van der Waals surface area contributed by atoms with E-state index >= 15 is 0 Å². The quantitative estimate of drug-likeness (QED) is 0.0929. The van der Waals surface area contributed by atoms with Crippen LogP contribution in [0, 0.1) is 0 Å². The Morgan fingerprint density at radius 1 is 0.422 bits per heavy atom. The van der Waals surface area contributed by atoms with Crippen LogP contribution in [-0.2, 0) is 45.5 Å². The van der Waals surface area contributed by atoms with E-state index in [1.54, 1.807) is 0 Å². The van der Waals surface area contributed by atoms with Crippen LogP contribution >= 0.6 is 45.2 Å². The average Bonchev–Trinajstić information content (AvgIpc) is 3.17. The molecule has 0 aliphatic carbocycles. The predicted octanol–water partition coefficient (Wildman–Crippen LogP) is 19.7. The summed E-state index contributed by atoms with van der Waals surface area (Å²) in [6.45, 7) is 71.7. The molecule has 0 aromatic heterocycles. The summed E-state index contributed by atoms with van der Waals surface area (Å²) in [5.74, 6) is 0. The van der Waals surface area contributed by atoms with Gasteiger partial charge in [-0.3, -0.25) is 0 Å². The lowest BCUT2D eigenvalue weighted by Gasteiger charge is -2.56. The van der Waals surface area contributed by atoms with E-state index in [0.717, 1.165) is 38.5 Å². The molecule has 492 valence electrons. The highest BCUT2D eigenvalue weighted by Gasteiger charge is 2.60. The molecule has 4 saturated heterocycles. The van der Waals surface area contributed by atoms with Gasteiger partial charge in [-0.2, -0.15) is 0 Å². The van der Waals surface area contributed by atoms with E-state index in [-0.39, 0.29) is 130 Å². The summed E-state index contributed by atoms with van der Waals surface area (Å²) in [4.78, 5) is 0. The van der Waals surface area contributed by atoms with Crippen molar-refractivity contribution in [2.24, 2.45) is 0 Å². The number of ether oxygens (including phenoxy) is 4. The second-order valence-corrected chi connectivity index (χ2v) is 63.8. The van der Waals surface area contributed by atoms with E-state index in [4.69, 9.17) is 45.5 Å². The van der Waals surface area contributed by atoms with Crippen molar-refractivity contribution in [3.05, 3.63) is 20.3 Å². The summed E-state index contributed by atoms with van der Waals surface area (Å²) in [5.41, 5.74) is 0. The van der Waals surface area contributed by atoms with Gasteiger partial charge in [0.25, 0.3) is 0 Å². The number of hydrogen-bond acceptors (Lipinski definition) is 11. The van der Waals surface area contributed by atoms with E-state index < -0.39 is 49.9 Å². The van der Waals surface area contributed by atoms with E-state index in [9.17, 15) is 5.11 Å². The van der Waals surface area contributed by atoms with E-state index in [1.807, 2.05) is 0 Å². The molecular weight excluding hydrogens is 1370 g/mol. The monoisotopic (exact) mass is 1500 g/mol. The normalized spacial score (nSPS) is 29.6. The molecule has 0 spiro atoms. The summed E-state index contributed by atoms with van der Waals surface area (Å²) in [6.07, 6.45) is 8.42. The second kappa shape index (κ2) is 30.3. The molecule has 4 heterocycles. The maximum absolute atomic E-state index is 9.74. The van der Waals surface area contributed by atoms with Crippen LogP contribution in [0.4, 0.5) is 0 Å². The third kappa shape index (κ3) is 20.9. The summed E-state index contributed by atoms with van der Waals surface area (Å²) < 4.78 is 76.0. The standard InChI is InChI=1S/C32H65IO5Si3.C31H63IO6Si3.CH4/c1-17-18-23-19-20-24-26(34-23)28(37-40(13,14)31(5,6)7)29(38-41(15,16)32(8,9)10)27(35-24)25(21-22-33)36-39(11,12)30(2,3)4;1-29(2,3)39(10,11)36-24(18-20-32)26-28(38-41(14,15)31(7,8)9)27(37-40(12,13)30(4,5)6)25-23(35-26)17-16-22(34-25)19-21-33;/h21-29H,17-20H2,1-16H3;18,20,22-28,33H,16-17,19,21H2,1-15H3;1H4/b22-21+;20-18+;/t23-,24-,25-,26-,27-,28-,29+;22-,23+,24+,25+,26+,27+,28-;/m01./s1. The second-order valence-electron chi connectivity index (χ2n) is 33.9. The van der Waals surface area contributed by atoms with Crippen LogP contribution in [-0.4, -0.2) is 147 Å². The van der Waals surface area contributed by atoms with Crippen LogP contribution in [0.25, 0.3) is 0 Å². The molecule has 83 heavy (non-hydrogen) atoms. The number of hydrogen-bond donors (Lipinski definition) is 1. The lowest BCUT2D eigenvalue weighted by molar-refractivity contribution is -0.267. The Balaban J connectivity index is 0.000000560. The minimum Gasteiger partial charge on any atom is -0.408 e. The largest absolute Gasteiger partial charge is 0.408 e. The minimum atomic E-state index is -2.26. The fourth-order valence-corrected chi connectivity index (χ4v) is 18.1. The van der Waals surface area contributed by atoms with E-state index in [2.05, 4.69) is 276 Å². The Bertz CT molecular complexity index is 1890. The molecule has 11 nitrogen and oxygen atoms in total. The fourth-order valence-electron chi connectivity index (χ4n) is 9.59. The number of aliphatic hydroxyl groups excluding tert-OH is 1. The SMILES string of the molecule is C.CC(C)(C)[Si](C)(C)O[C@@H]1[C@H](O[Si](C)(C)C(C)(C)C)[C@H]([C@H](/C=C/I)O[Si](C)(C)C(C)(C)C)O[C@H]2CC[C@H](CCO)O[C@H]12.CCC[C@H]1CC[C@@H]2O[C@@H]([C@H](/C=C/I)O[Si](C)(C)C(C)(C)C)[C@@H](O[Si](C)(C)C(C)(C)C)[C@@H](O[Si](C)(C)C(C)(C)C)[C@H]2O1. The molecule has 0 aromatic rings. The third-order valence-corrected chi connectivity index (χ3v) is 48.9. The maximum Gasteiger partial charge on any atom is 0.193 e. The molecule has 1 N–H and O–H groups in total. The Kier molecular flexibility index (Phi) is 29.5. The third-order valence-electron chi connectivity index (χ3n) is 21.2. The predicted molar refractivity (Wildman–Crippen MR) is 385 cm³/mol. The van der Waals surface area contributed by atoms with Crippen LogP contribution in [0.5, 0.6) is 0 Å². The highest BCUT2D eigenvalue weighted by Crippen LogP contribution is 2.50. The molecule has 4 aliphatic heterocycles. The van der Waals surface area contributed by atoms with Gasteiger partial charge >= 0.3 is 0 Å². The number of halogens is 2. The molecule has 4 fully saturated rings. The first-order chi connectivity index (χ1) is 36.8. The van der Waals surface area contributed by atoms with Gasteiger partial charge in [0.05, 0.1) is 36.6 Å². The first-order valence-electron chi connectivity index (χ1n) is 31.6. The van der Waals surface area contributed by atoms with Gasteiger partial charge in [0.15, 0.2) is 49.9 Å². The Hall–Kier alpha value is 1.80. The maximum atomic E-state index is 9.74. The number of aliphatic hydroxyl groups is 1. The van der Waals surface area contributed by atoms with Crippen molar-refractivity contribution in [2.75, 3.05) is 6.61 Å². The van der Waals surface area contributed by atoms with Crippen molar-refractivity contribution in [3.8, 4) is 0 Å². The van der Waals surface area contributed by atoms with Crippen molar-refractivity contribution >= 4 is 95.1 Å². The smallest absolute Gasteiger partial charge is 0.193 e. The van der Waals surface area contributed by atoms with Gasteiger partial charge in [-0.15, -0.1) is 0 Å². The van der Waals surface area contributed by atoms with Gasteiger partial charge in [0.2, 0.25) is 0 Å². The van der Waals surface area contributed by atoms with Gasteiger partial charge < -0.3 is 50.6 Å². The zero-order valence-corrected chi connectivity index (χ0v) is 68.6. The van der Waals surface area contributed by atoms with Crippen LogP contribution in [0.2, 0.25) is 109 Å². The molecule has 0 amide bonds. The Morgan fingerprint density at radius 2 is 0.687 bits per heavy atom. The van der Waals surface area contributed by atoms with Crippen molar-refractivity contribution in [2.45, 2.75) is 378 Å². The molecule has 4 rings (SSSR count). The van der Waals surface area contributed by atoms with E-state index in [1.165, 1.54) is 0 Å². The minimum absolute atomic E-state index is 0. The average molecular weight is 1500 g/mol. The highest BCUT2D eigenvalue weighted by molar-refractivity contribution is 14.1. The molecule has 19 heteroatoms. The highest BCUT2D eigenvalue weighted by atomic mass is 127. The fraction of sp³-hybridized carbons (Fsp3) is 0.938. The summed E-state index contributed by atoms with van der Waals surface area (Å²) in [6, 6.07) is 0. The van der Waals surface area contributed by atoms with Gasteiger partial charge in [0.1, 0.15) is 48.8 Å². The molecular formula is C64H132I2O11Si6. The molecule has 0 radical (unpaired) electrons. The summed E-state index contributed by atoms with van der Waals surface area (Å²) in [7, 11) is -13.2. The molecule has 4 aliphatic rings. The van der Waals surface area contributed by atoms with Crippen LogP contribution in [0.15, 0.2) is 20.3 Å². The number of rotatable bonds is 20.